The number of imidazole rings is 1. The van der Waals surface area contributed by atoms with Crippen LogP contribution in [0.3, 0.4) is 0 Å². The minimum absolute atomic E-state index is 0.0881. The Balaban J connectivity index is 1.21. The molecule has 230 valence electrons. The van der Waals surface area contributed by atoms with Crippen molar-refractivity contribution in [2.24, 2.45) is 5.92 Å². The van der Waals surface area contributed by atoms with Crippen LogP contribution in [0.25, 0.3) is 11.0 Å². The zero-order chi connectivity index (χ0) is 30.1. The van der Waals surface area contributed by atoms with Gasteiger partial charge in [0.25, 0.3) is 0 Å². The van der Waals surface area contributed by atoms with Crippen LogP contribution in [0.4, 0.5) is 20.6 Å². The Morgan fingerprint density at radius 2 is 1.74 bits per heavy atom. The van der Waals surface area contributed by atoms with E-state index in [-0.39, 0.29) is 29.7 Å². The normalized spacial score (nSPS) is 21.6. The third-order valence-electron chi connectivity index (χ3n) is 9.37. The molecule has 3 aliphatic heterocycles. The quantitative estimate of drug-likeness (QED) is 0.347. The molecule has 0 unspecified atom stereocenters. The lowest BCUT2D eigenvalue weighted by atomic mass is 10.0. The Kier molecular flexibility index (Phi) is 8.45. The number of rotatable bonds is 7. The van der Waals surface area contributed by atoms with E-state index in [0.29, 0.717) is 12.2 Å². The molecule has 9 nitrogen and oxygen atoms in total. The Bertz CT molecular complexity index is 1470. The number of anilines is 2. The molecule has 0 spiro atoms. The first kappa shape index (κ1) is 29.3. The lowest BCUT2D eigenvalue weighted by Gasteiger charge is -2.31. The molecule has 10 heteroatoms. The van der Waals surface area contributed by atoms with E-state index in [1.54, 1.807) is 6.07 Å². The molecule has 3 atom stereocenters. The molecule has 3 fully saturated rings. The number of likely N-dealkylation sites (tertiary alicyclic amines) is 1. The smallest absolute Gasteiger partial charge is 0.407 e. The number of hydrogen-bond acceptors (Lipinski definition) is 6. The van der Waals surface area contributed by atoms with Gasteiger partial charge in [0.15, 0.2) is 0 Å². The molecular formula is C33H43FN6O3. The maximum atomic E-state index is 15.3. The van der Waals surface area contributed by atoms with Gasteiger partial charge in [-0.1, -0.05) is 19.9 Å². The number of halogens is 1. The summed E-state index contributed by atoms with van der Waals surface area (Å²) in [7, 11) is 1.30. The summed E-state index contributed by atoms with van der Waals surface area (Å²) in [5, 5.41) is 2.71. The van der Waals surface area contributed by atoms with E-state index in [2.05, 4.69) is 44.4 Å². The van der Waals surface area contributed by atoms with E-state index < -0.39 is 12.1 Å². The SMILES string of the molecule is COC(=O)N[C@H](C(=O)N1CCC[C@H]1c1nc2cc([C@H]3CCCN3c3ccc(N4CCCCC4)c(F)c3)ccc2[nH]1)C(C)C. The van der Waals surface area contributed by atoms with Crippen LogP contribution in [-0.4, -0.2) is 66.2 Å². The zero-order valence-electron chi connectivity index (χ0n) is 25.4. The number of ether oxygens (including phenoxy) is 1. The molecule has 6 rings (SSSR count). The summed E-state index contributed by atoms with van der Waals surface area (Å²) < 4.78 is 20.1. The number of H-pyrrole nitrogens is 1. The number of piperidine rings is 1. The van der Waals surface area contributed by atoms with E-state index in [0.717, 1.165) is 86.3 Å². The minimum Gasteiger partial charge on any atom is -0.453 e. The molecule has 2 aromatic carbocycles. The van der Waals surface area contributed by atoms with Crippen molar-refractivity contribution in [3.05, 3.63) is 53.6 Å². The van der Waals surface area contributed by atoms with Crippen LogP contribution in [0, 0.1) is 11.7 Å². The van der Waals surface area contributed by atoms with Gasteiger partial charge in [-0.05, 0) is 86.8 Å². The highest BCUT2D eigenvalue weighted by Gasteiger charge is 2.37. The molecule has 2 amide bonds. The largest absolute Gasteiger partial charge is 0.453 e. The highest BCUT2D eigenvalue weighted by molar-refractivity contribution is 5.86. The molecule has 1 aromatic heterocycles. The highest BCUT2D eigenvalue weighted by atomic mass is 19.1. The predicted octanol–water partition coefficient (Wildman–Crippen LogP) is 6.08. The first-order valence-electron chi connectivity index (χ1n) is 15.8. The second-order valence-electron chi connectivity index (χ2n) is 12.5. The number of methoxy groups -OCH3 is 1. The monoisotopic (exact) mass is 590 g/mol. The molecule has 0 aliphatic carbocycles. The van der Waals surface area contributed by atoms with Gasteiger partial charge in [-0.25, -0.2) is 14.2 Å². The lowest BCUT2D eigenvalue weighted by Crippen LogP contribution is -2.51. The minimum atomic E-state index is -0.670. The molecule has 0 radical (unpaired) electrons. The van der Waals surface area contributed by atoms with Crippen molar-refractivity contribution >= 4 is 34.4 Å². The zero-order valence-corrected chi connectivity index (χ0v) is 25.4. The van der Waals surface area contributed by atoms with Crippen molar-refractivity contribution in [2.45, 2.75) is 76.9 Å². The van der Waals surface area contributed by atoms with Gasteiger partial charge in [0, 0.05) is 31.9 Å². The summed E-state index contributed by atoms with van der Waals surface area (Å²) in [4.78, 5) is 40.2. The van der Waals surface area contributed by atoms with Crippen LogP contribution in [0.1, 0.15) is 82.3 Å². The number of aromatic nitrogens is 2. The highest BCUT2D eigenvalue weighted by Crippen LogP contribution is 2.39. The van der Waals surface area contributed by atoms with Gasteiger partial charge < -0.3 is 29.7 Å². The summed E-state index contributed by atoms with van der Waals surface area (Å²) >= 11 is 0. The van der Waals surface area contributed by atoms with E-state index in [4.69, 9.17) is 9.72 Å². The first-order valence-corrected chi connectivity index (χ1v) is 15.8. The van der Waals surface area contributed by atoms with Gasteiger partial charge in [-0.15, -0.1) is 0 Å². The van der Waals surface area contributed by atoms with Gasteiger partial charge in [0.1, 0.15) is 17.7 Å². The number of nitrogens with zero attached hydrogens (tertiary/aromatic N) is 4. The fraction of sp³-hybridized carbons (Fsp3) is 0.545. The third-order valence-corrected chi connectivity index (χ3v) is 9.37. The number of aromatic amines is 1. The van der Waals surface area contributed by atoms with Gasteiger partial charge >= 0.3 is 6.09 Å². The van der Waals surface area contributed by atoms with E-state index in [1.165, 1.54) is 13.5 Å². The van der Waals surface area contributed by atoms with Crippen molar-refractivity contribution in [1.29, 1.82) is 0 Å². The van der Waals surface area contributed by atoms with E-state index in [1.807, 2.05) is 24.8 Å². The molecule has 3 aliphatic rings. The number of fused-ring (bicyclic) bond motifs is 1. The second kappa shape index (κ2) is 12.4. The van der Waals surface area contributed by atoms with Gasteiger partial charge in [-0.3, -0.25) is 4.79 Å². The molecule has 2 N–H and O–H groups in total. The molecule has 0 saturated carbocycles. The second-order valence-corrected chi connectivity index (χ2v) is 12.5. The Morgan fingerprint density at radius 1 is 0.977 bits per heavy atom. The van der Waals surface area contributed by atoms with Crippen molar-refractivity contribution in [3.63, 3.8) is 0 Å². The number of alkyl carbamates (subject to hydrolysis) is 1. The van der Waals surface area contributed by atoms with Crippen LogP contribution in [0.15, 0.2) is 36.4 Å². The number of carbonyl (C=O) groups excluding carboxylic acids is 2. The Labute approximate surface area is 252 Å². The Hall–Kier alpha value is -3.82. The van der Waals surface area contributed by atoms with Crippen molar-refractivity contribution < 1.29 is 18.7 Å². The summed E-state index contributed by atoms with van der Waals surface area (Å²) in [6, 6.07) is 11.4. The van der Waals surface area contributed by atoms with Crippen molar-refractivity contribution in [3.8, 4) is 0 Å². The summed E-state index contributed by atoms with van der Waals surface area (Å²) in [5.74, 6) is 0.408. The molecule has 3 saturated heterocycles. The van der Waals surface area contributed by atoms with Crippen LogP contribution in [0.2, 0.25) is 0 Å². The summed E-state index contributed by atoms with van der Waals surface area (Å²) in [6.45, 7) is 7.16. The fourth-order valence-electron chi connectivity index (χ4n) is 7.09. The molecule has 0 bridgehead atoms. The number of amides is 2. The van der Waals surface area contributed by atoms with Crippen LogP contribution in [-0.2, 0) is 9.53 Å². The van der Waals surface area contributed by atoms with E-state index >= 15 is 4.39 Å². The number of hydrogen-bond donors (Lipinski definition) is 2. The molecule has 43 heavy (non-hydrogen) atoms. The lowest BCUT2D eigenvalue weighted by molar-refractivity contribution is -0.135. The average Bonchev–Trinajstić information content (AvgIpc) is 3.78. The predicted molar refractivity (Wildman–Crippen MR) is 166 cm³/mol. The van der Waals surface area contributed by atoms with Gasteiger partial charge in [0.2, 0.25) is 5.91 Å². The number of benzene rings is 2. The van der Waals surface area contributed by atoms with Gasteiger partial charge in [-0.2, -0.15) is 0 Å². The fourth-order valence-corrected chi connectivity index (χ4v) is 7.09. The number of carbonyl (C=O) groups is 2. The van der Waals surface area contributed by atoms with Crippen LogP contribution in [0.5, 0.6) is 0 Å². The maximum Gasteiger partial charge on any atom is 0.407 e. The van der Waals surface area contributed by atoms with Crippen LogP contribution >= 0.6 is 0 Å². The summed E-state index contributed by atoms with van der Waals surface area (Å²) in [6.07, 6.45) is 6.55. The maximum absolute atomic E-state index is 15.3. The number of nitrogens with one attached hydrogen (secondary N) is 2. The Morgan fingerprint density at radius 3 is 2.49 bits per heavy atom. The average molecular weight is 591 g/mol. The van der Waals surface area contributed by atoms with Gasteiger partial charge in [0.05, 0.1) is 35.9 Å². The molecule has 3 aromatic rings. The van der Waals surface area contributed by atoms with E-state index in [9.17, 15) is 9.59 Å². The third kappa shape index (κ3) is 5.88. The molecular weight excluding hydrogens is 547 g/mol. The summed E-state index contributed by atoms with van der Waals surface area (Å²) in [5.41, 5.74) is 4.57. The molecule has 4 heterocycles. The van der Waals surface area contributed by atoms with Crippen LogP contribution < -0.4 is 15.1 Å². The van der Waals surface area contributed by atoms with Crippen molar-refractivity contribution in [2.75, 3.05) is 43.1 Å². The first-order chi connectivity index (χ1) is 20.8. The standard InChI is InChI=1S/C33H43FN6O3/c1-21(2)30(37-33(42)43-3)32(41)40-18-8-10-29(40)31-35-25-13-11-22(19-26(25)36-31)27-9-7-17-39(27)23-12-14-28(24(34)20-23)38-15-5-4-6-16-38/h11-14,19-21,27,29-30H,4-10,15-18H2,1-3H3,(H,35,36)(H,37,42)/t27-,29+,30+/m1/s1. The van der Waals surface area contributed by atoms with Crippen molar-refractivity contribution in [1.82, 2.24) is 20.2 Å². The topological polar surface area (TPSA) is 93.8 Å².